The molecule has 0 saturated carbocycles. The second kappa shape index (κ2) is 6.79. The summed E-state index contributed by atoms with van der Waals surface area (Å²) >= 11 is 0. The summed E-state index contributed by atoms with van der Waals surface area (Å²) in [6.07, 6.45) is 9.43. The van der Waals surface area contributed by atoms with Gasteiger partial charge in [-0.3, -0.25) is 0 Å². The molecule has 1 aliphatic rings. The number of hydrogen-bond donors (Lipinski definition) is 0. The van der Waals surface area contributed by atoms with E-state index in [-0.39, 0.29) is 0 Å². The third-order valence-corrected chi connectivity index (χ3v) is 8.43. The number of allylic oxidation sites excluding steroid dienone is 1. The highest BCUT2D eigenvalue weighted by molar-refractivity contribution is 6.31. The third kappa shape index (κ3) is 2.36. The van der Waals surface area contributed by atoms with E-state index < -0.39 is 0 Å². The third-order valence-electron chi connectivity index (χ3n) is 8.43. The summed E-state index contributed by atoms with van der Waals surface area (Å²) in [5.74, 6) is 1.62. The van der Waals surface area contributed by atoms with Crippen LogP contribution in [0.4, 0.5) is 0 Å². The molecule has 0 aliphatic heterocycles. The number of aromatic nitrogens is 4. The van der Waals surface area contributed by atoms with Crippen LogP contribution < -0.4 is 0 Å². The molecule has 5 heterocycles. The van der Waals surface area contributed by atoms with Crippen molar-refractivity contribution in [2.75, 3.05) is 0 Å². The summed E-state index contributed by atoms with van der Waals surface area (Å²) < 4.78 is 15.6. The molecule has 0 radical (unpaired) electrons. The Morgan fingerprint density at radius 1 is 0.667 bits per heavy atom. The van der Waals surface area contributed by atoms with Crippen molar-refractivity contribution < 1.29 is 8.83 Å². The zero-order valence-electron chi connectivity index (χ0n) is 20.6. The molecule has 9 aromatic rings. The minimum atomic E-state index is 0.655. The summed E-state index contributed by atoms with van der Waals surface area (Å²) in [4.78, 5) is 13.0. The minimum Gasteiger partial charge on any atom is -0.454 e. The van der Waals surface area contributed by atoms with Crippen LogP contribution in [0.1, 0.15) is 17.7 Å². The standard InChI is InChI=1S/C33H18N4O2/c1-3-7-26-18(5-1)22-11-9-20-24-13-17(33-35-15-34-16-36-33)14-25-21-10-12-23-19-6-2-4-8-27(19)39-32(23)30(21)37(28(24)25)29(20)31(22)38-26/h1,3-5,7-16H,2,6H2. The summed E-state index contributed by atoms with van der Waals surface area (Å²) in [6.45, 7) is 0. The number of benzene rings is 4. The second-order valence-corrected chi connectivity index (χ2v) is 10.4. The smallest absolute Gasteiger partial charge is 0.162 e. The molecule has 0 atom stereocenters. The topological polar surface area (TPSA) is 69.4 Å². The summed E-state index contributed by atoms with van der Waals surface area (Å²) in [5.41, 5.74) is 8.24. The fourth-order valence-electron chi connectivity index (χ4n) is 6.82. The molecular formula is C33H18N4O2. The van der Waals surface area contributed by atoms with Gasteiger partial charge in [-0.25, -0.2) is 15.0 Å². The Balaban J connectivity index is 1.50. The molecule has 182 valence electrons. The predicted octanol–water partition coefficient (Wildman–Crippen LogP) is 8.29. The van der Waals surface area contributed by atoms with Crippen LogP contribution in [0, 0.1) is 0 Å². The summed E-state index contributed by atoms with van der Waals surface area (Å²) in [7, 11) is 0. The number of fused-ring (bicyclic) bond motifs is 14. The molecular weight excluding hydrogens is 484 g/mol. The van der Waals surface area contributed by atoms with E-state index in [4.69, 9.17) is 8.83 Å². The fourth-order valence-corrected chi connectivity index (χ4v) is 6.82. The Hall–Kier alpha value is -5.23. The first kappa shape index (κ1) is 19.8. The van der Waals surface area contributed by atoms with Gasteiger partial charge in [0.15, 0.2) is 17.0 Å². The van der Waals surface area contributed by atoms with Crippen molar-refractivity contribution in [1.82, 2.24) is 19.4 Å². The monoisotopic (exact) mass is 502 g/mol. The van der Waals surface area contributed by atoms with Crippen molar-refractivity contribution in [1.29, 1.82) is 0 Å². The van der Waals surface area contributed by atoms with Crippen LogP contribution in [0.25, 0.3) is 88.5 Å². The van der Waals surface area contributed by atoms with Crippen LogP contribution >= 0.6 is 0 Å². The van der Waals surface area contributed by atoms with Crippen molar-refractivity contribution in [2.45, 2.75) is 12.8 Å². The lowest BCUT2D eigenvalue weighted by molar-refractivity contribution is 0.597. The van der Waals surface area contributed by atoms with Crippen molar-refractivity contribution in [2.24, 2.45) is 0 Å². The molecule has 5 aromatic heterocycles. The van der Waals surface area contributed by atoms with Crippen molar-refractivity contribution in [3.63, 3.8) is 0 Å². The van der Waals surface area contributed by atoms with Crippen molar-refractivity contribution >= 4 is 77.1 Å². The lowest BCUT2D eigenvalue weighted by atomic mass is 9.99. The van der Waals surface area contributed by atoms with E-state index in [9.17, 15) is 0 Å². The Labute approximate surface area is 220 Å². The maximum Gasteiger partial charge on any atom is 0.162 e. The fraction of sp³-hybridized carbons (Fsp3) is 0.0606. The second-order valence-electron chi connectivity index (χ2n) is 10.4. The lowest BCUT2D eigenvalue weighted by Gasteiger charge is -2.03. The van der Waals surface area contributed by atoms with Crippen LogP contribution in [-0.4, -0.2) is 19.4 Å². The number of aryl methyl sites for hydroxylation is 1. The number of hydrogen-bond acceptors (Lipinski definition) is 5. The van der Waals surface area contributed by atoms with Crippen molar-refractivity contribution in [3.05, 3.63) is 90.7 Å². The molecule has 4 aromatic carbocycles. The molecule has 10 rings (SSSR count). The van der Waals surface area contributed by atoms with E-state index in [0.717, 1.165) is 89.8 Å². The van der Waals surface area contributed by atoms with Gasteiger partial charge in [-0.15, -0.1) is 0 Å². The molecule has 0 fully saturated rings. The van der Waals surface area contributed by atoms with E-state index >= 15 is 0 Å². The molecule has 0 saturated heterocycles. The normalized spacial score (nSPS) is 13.8. The molecule has 0 N–H and O–H groups in total. The molecule has 0 amide bonds. The van der Waals surface area contributed by atoms with E-state index in [2.05, 4.69) is 80.0 Å². The zero-order valence-corrected chi connectivity index (χ0v) is 20.6. The summed E-state index contributed by atoms with van der Waals surface area (Å²) in [6, 6.07) is 21.5. The highest BCUT2D eigenvalue weighted by Gasteiger charge is 2.26. The predicted molar refractivity (Wildman–Crippen MR) is 154 cm³/mol. The van der Waals surface area contributed by atoms with E-state index in [1.165, 1.54) is 10.9 Å². The highest BCUT2D eigenvalue weighted by atomic mass is 16.3. The number of furan rings is 2. The number of para-hydroxylation sites is 1. The Bertz CT molecular complexity index is 2500. The van der Waals surface area contributed by atoms with Gasteiger partial charge in [0.05, 0.1) is 16.6 Å². The van der Waals surface area contributed by atoms with Crippen LogP contribution in [0.5, 0.6) is 0 Å². The molecule has 6 nitrogen and oxygen atoms in total. The van der Waals surface area contributed by atoms with Gasteiger partial charge in [-0.05, 0) is 43.2 Å². The zero-order chi connectivity index (χ0) is 25.2. The van der Waals surface area contributed by atoms with Crippen molar-refractivity contribution in [3.8, 4) is 11.4 Å². The lowest BCUT2D eigenvalue weighted by Crippen LogP contribution is -1.89. The van der Waals surface area contributed by atoms with E-state index in [1.807, 2.05) is 12.1 Å². The van der Waals surface area contributed by atoms with Crippen LogP contribution in [0.3, 0.4) is 0 Å². The molecule has 6 heteroatoms. The molecule has 0 bridgehead atoms. The minimum absolute atomic E-state index is 0.655. The Kier molecular flexibility index (Phi) is 3.45. The first-order chi connectivity index (χ1) is 19.3. The summed E-state index contributed by atoms with van der Waals surface area (Å²) in [5, 5.41) is 7.97. The number of rotatable bonds is 1. The Morgan fingerprint density at radius 2 is 1.38 bits per heavy atom. The maximum atomic E-state index is 6.63. The van der Waals surface area contributed by atoms with Gasteiger partial charge >= 0.3 is 0 Å². The first-order valence-corrected chi connectivity index (χ1v) is 13.2. The van der Waals surface area contributed by atoms with Gasteiger partial charge in [0.25, 0.3) is 0 Å². The van der Waals surface area contributed by atoms with Crippen LogP contribution in [0.2, 0.25) is 0 Å². The quantitative estimate of drug-likeness (QED) is 0.226. The number of nitrogens with zero attached hydrogens (tertiary/aromatic N) is 4. The average Bonchev–Trinajstić information content (AvgIpc) is 3.73. The van der Waals surface area contributed by atoms with Gasteiger partial charge in [0, 0.05) is 48.8 Å². The maximum absolute atomic E-state index is 6.63. The molecule has 39 heavy (non-hydrogen) atoms. The van der Waals surface area contributed by atoms with Gasteiger partial charge in [-0.1, -0.05) is 42.5 Å². The molecule has 0 spiro atoms. The largest absolute Gasteiger partial charge is 0.454 e. The van der Waals surface area contributed by atoms with Gasteiger partial charge in [-0.2, -0.15) is 0 Å². The van der Waals surface area contributed by atoms with E-state index in [1.54, 1.807) is 12.7 Å². The van der Waals surface area contributed by atoms with Gasteiger partial charge in [0.1, 0.15) is 24.0 Å². The van der Waals surface area contributed by atoms with Gasteiger partial charge < -0.3 is 13.2 Å². The van der Waals surface area contributed by atoms with Crippen LogP contribution in [-0.2, 0) is 6.42 Å². The first-order valence-electron chi connectivity index (χ1n) is 13.2. The molecule has 0 unspecified atom stereocenters. The van der Waals surface area contributed by atoms with E-state index in [0.29, 0.717) is 5.82 Å². The Morgan fingerprint density at radius 3 is 2.21 bits per heavy atom. The van der Waals surface area contributed by atoms with Crippen LogP contribution in [0.15, 0.2) is 88.2 Å². The van der Waals surface area contributed by atoms with Gasteiger partial charge in [0.2, 0.25) is 0 Å². The molecule has 1 aliphatic carbocycles. The highest BCUT2D eigenvalue weighted by Crippen LogP contribution is 2.47. The SMILES string of the molecule is C1=Cc2oc3c(ccc4c5cc(-c6ncncn6)cc6c7ccc8c9ccccc9oc8c7n(c56)c43)c2CC1. The average molecular weight is 503 g/mol.